The summed E-state index contributed by atoms with van der Waals surface area (Å²) < 4.78 is 19.0. The summed E-state index contributed by atoms with van der Waals surface area (Å²) in [6.45, 7) is 4.35. The molecule has 0 bridgehead atoms. The van der Waals surface area contributed by atoms with Gasteiger partial charge in [0.2, 0.25) is 5.91 Å². The van der Waals surface area contributed by atoms with Crippen LogP contribution in [-0.4, -0.2) is 67.7 Å². The number of para-hydroxylation sites is 1. The van der Waals surface area contributed by atoms with Crippen molar-refractivity contribution in [2.75, 3.05) is 50.8 Å². The van der Waals surface area contributed by atoms with Crippen molar-refractivity contribution >= 4 is 17.7 Å². The second-order valence-electron chi connectivity index (χ2n) is 5.87. The van der Waals surface area contributed by atoms with Crippen LogP contribution in [0.25, 0.3) is 0 Å². The highest BCUT2D eigenvalue weighted by atomic mass is 19.1. The molecule has 0 aliphatic carbocycles. The topological polar surface area (TPSA) is 76.9 Å². The average molecular weight is 362 g/mol. The quantitative estimate of drug-likeness (QED) is 0.772. The van der Waals surface area contributed by atoms with Crippen molar-refractivity contribution in [3.8, 4) is 6.07 Å². The van der Waals surface area contributed by atoms with Crippen LogP contribution in [0, 0.1) is 17.1 Å². The lowest BCUT2D eigenvalue weighted by atomic mass is 10.2. The van der Waals surface area contributed by atoms with Crippen LogP contribution in [0.3, 0.4) is 0 Å². The molecule has 1 aromatic rings. The number of anilines is 1. The molecule has 1 saturated heterocycles. The first-order valence-corrected chi connectivity index (χ1v) is 8.62. The highest BCUT2D eigenvalue weighted by molar-refractivity contribution is 5.95. The molecule has 0 aromatic heterocycles. The lowest BCUT2D eigenvalue weighted by molar-refractivity contribution is -0.120. The molecule has 0 unspecified atom stereocenters. The van der Waals surface area contributed by atoms with Gasteiger partial charge in [0.1, 0.15) is 5.82 Å². The van der Waals surface area contributed by atoms with Crippen LogP contribution in [0.1, 0.15) is 13.3 Å². The molecule has 2 amide bonds. The third-order valence-electron chi connectivity index (χ3n) is 4.15. The van der Waals surface area contributed by atoms with Crippen molar-refractivity contribution in [1.29, 1.82) is 5.26 Å². The highest BCUT2D eigenvalue weighted by Crippen LogP contribution is 2.19. The molecule has 0 radical (unpaired) electrons. The lowest BCUT2D eigenvalue weighted by Crippen LogP contribution is -2.52. The van der Waals surface area contributed by atoms with E-state index in [1.54, 1.807) is 24.0 Å². The number of piperazine rings is 1. The summed E-state index contributed by atoms with van der Waals surface area (Å²) in [7, 11) is 0. The van der Waals surface area contributed by atoms with Gasteiger partial charge in [-0.1, -0.05) is 12.1 Å². The van der Waals surface area contributed by atoms with E-state index >= 15 is 0 Å². The van der Waals surface area contributed by atoms with Crippen molar-refractivity contribution in [2.24, 2.45) is 0 Å². The molecular formula is C18H23FN4O3. The van der Waals surface area contributed by atoms with E-state index in [9.17, 15) is 14.0 Å². The first kappa shape index (κ1) is 19.7. The van der Waals surface area contributed by atoms with Crippen LogP contribution in [0.15, 0.2) is 24.3 Å². The van der Waals surface area contributed by atoms with Crippen molar-refractivity contribution in [3.05, 3.63) is 30.1 Å². The Morgan fingerprint density at radius 2 is 1.96 bits per heavy atom. The lowest BCUT2D eigenvalue weighted by Gasteiger charge is -2.34. The van der Waals surface area contributed by atoms with Gasteiger partial charge in [0.25, 0.3) is 0 Å². The summed E-state index contributed by atoms with van der Waals surface area (Å²) in [4.78, 5) is 29.2. The maximum atomic E-state index is 14.1. The molecule has 0 N–H and O–H groups in total. The molecule has 26 heavy (non-hydrogen) atoms. The molecule has 1 aliphatic rings. The Labute approximate surface area is 152 Å². The largest absolute Gasteiger partial charge is 0.450 e. The fourth-order valence-electron chi connectivity index (χ4n) is 2.79. The van der Waals surface area contributed by atoms with Crippen molar-refractivity contribution in [3.63, 3.8) is 0 Å². The summed E-state index contributed by atoms with van der Waals surface area (Å²) in [6, 6.07) is 8.02. The number of halogens is 1. The summed E-state index contributed by atoms with van der Waals surface area (Å²) >= 11 is 0. The molecule has 0 atom stereocenters. The standard InChI is InChI=1S/C18H23FN4O3/c1-2-26-18(25)22-12-10-21(11-13-22)14-17(24)23(9-5-8-20)16-7-4-3-6-15(16)19/h3-4,6-7H,2,5,9-14H2,1H3. The molecule has 140 valence electrons. The predicted octanol–water partition coefficient (Wildman–Crippen LogP) is 1.85. The van der Waals surface area contributed by atoms with Gasteiger partial charge in [-0.25, -0.2) is 9.18 Å². The molecular weight excluding hydrogens is 339 g/mol. The van der Waals surface area contributed by atoms with Gasteiger partial charge >= 0.3 is 6.09 Å². The number of ether oxygens (including phenoxy) is 1. The Balaban J connectivity index is 1.97. The van der Waals surface area contributed by atoms with Crippen LogP contribution in [-0.2, 0) is 9.53 Å². The van der Waals surface area contributed by atoms with Gasteiger partial charge in [0.15, 0.2) is 0 Å². The van der Waals surface area contributed by atoms with Gasteiger partial charge in [-0.2, -0.15) is 5.26 Å². The minimum atomic E-state index is -0.495. The van der Waals surface area contributed by atoms with Crippen molar-refractivity contribution in [2.45, 2.75) is 13.3 Å². The number of rotatable bonds is 6. The van der Waals surface area contributed by atoms with Crippen molar-refractivity contribution in [1.82, 2.24) is 9.80 Å². The van der Waals surface area contributed by atoms with E-state index in [4.69, 9.17) is 10.00 Å². The minimum absolute atomic E-state index is 0.108. The fraction of sp³-hybridized carbons (Fsp3) is 0.500. The second-order valence-corrected chi connectivity index (χ2v) is 5.87. The van der Waals surface area contributed by atoms with E-state index in [-0.39, 0.29) is 37.2 Å². The Hall–Kier alpha value is -2.66. The first-order chi connectivity index (χ1) is 12.6. The van der Waals surface area contributed by atoms with Gasteiger partial charge in [0, 0.05) is 32.7 Å². The number of amides is 2. The van der Waals surface area contributed by atoms with Crippen LogP contribution in [0.4, 0.5) is 14.9 Å². The Kier molecular flexibility index (Phi) is 7.36. The Morgan fingerprint density at radius 3 is 2.58 bits per heavy atom. The van der Waals surface area contributed by atoms with Crippen molar-refractivity contribution < 1.29 is 18.7 Å². The number of carbonyl (C=O) groups excluding carboxylic acids is 2. The second kappa shape index (κ2) is 9.73. The summed E-state index contributed by atoms with van der Waals surface area (Å²) in [5.74, 6) is -0.763. The third kappa shape index (κ3) is 5.17. The highest BCUT2D eigenvalue weighted by Gasteiger charge is 2.26. The monoisotopic (exact) mass is 362 g/mol. The minimum Gasteiger partial charge on any atom is -0.450 e. The van der Waals surface area contributed by atoms with E-state index in [1.807, 2.05) is 11.0 Å². The van der Waals surface area contributed by atoms with E-state index in [2.05, 4.69) is 0 Å². The van der Waals surface area contributed by atoms with E-state index < -0.39 is 5.82 Å². The van der Waals surface area contributed by atoms with Gasteiger partial charge in [-0.15, -0.1) is 0 Å². The zero-order valence-corrected chi connectivity index (χ0v) is 14.9. The molecule has 0 saturated carbocycles. The SMILES string of the molecule is CCOC(=O)N1CCN(CC(=O)N(CCC#N)c2ccccc2F)CC1. The molecule has 1 aromatic carbocycles. The van der Waals surface area contributed by atoms with E-state index in [0.717, 1.165) is 0 Å². The Bertz CT molecular complexity index is 669. The van der Waals surface area contributed by atoms with Crippen LogP contribution < -0.4 is 4.90 Å². The molecule has 1 heterocycles. The third-order valence-corrected chi connectivity index (χ3v) is 4.15. The first-order valence-electron chi connectivity index (χ1n) is 8.62. The molecule has 8 heteroatoms. The summed E-state index contributed by atoms with van der Waals surface area (Å²) in [6.07, 6.45) is -0.225. The van der Waals surface area contributed by atoms with E-state index in [1.165, 1.54) is 17.0 Å². The fourth-order valence-corrected chi connectivity index (χ4v) is 2.79. The molecule has 0 spiro atoms. The zero-order valence-electron chi connectivity index (χ0n) is 14.9. The smallest absolute Gasteiger partial charge is 0.409 e. The van der Waals surface area contributed by atoms with E-state index in [0.29, 0.717) is 32.8 Å². The molecule has 1 fully saturated rings. The van der Waals surface area contributed by atoms with Crippen LogP contribution in [0.2, 0.25) is 0 Å². The summed E-state index contributed by atoms with van der Waals surface area (Å²) in [5.41, 5.74) is 0.179. The van der Waals surface area contributed by atoms with Gasteiger partial charge < -0.3 is 14.5 Å². The van der Waals surface area contributed by atoms with Gasteiger partial charge in [0.05, 0.1) is 31.3 Å². The predicted molar refractivity (Wildman–Crippen MR) is 94.0 cm³/mol. The Morgan fingerprint density at radius 1 is 1.27 bits per heavy atom. The number of carbonyl (C=O) groups is 2. The molecule has 2 rings (SSSR count). The maximum absolute atomic E-state index is 14.1. The number of nitrogens with zero attached hydrogens (tertiary/aromatic N) is 4. The number of hydrogen-bond acceptors (Lipinski definition) is 5. The molecule has 7 nitrogen and oxygen atoms in total. The van der Waals surface area contributed by atoms with Crippen LogP contribution >= 0.6 is 0 Å². The average Bonchev–Trinajstić information content (AvgIpc) is 2.64. The van der Waals surface area contributed by atoms with Gasteiger partial charge in [-0.3, -0.25) is 9.69 Å². The molecule has 1 aliphatic heterocycles. The number of nitriles is 1. The van der Waals surface area contributed by atoms with Crippen LogP contribution in [0.5, 0.6) is 0 Å². The number of benzene rings is 1. The zero-order chi connectivity index (χ0) is 18.9. The number of hydrogen-bond donors (Lipinski definition) is 0. The van der Waals surface area contributed by atoms with Gasteiger partial charge in [-0.05, 0) is 19.1 Å². The maximum Gasteiger partial charge on any atom is 0.409 e. The summed E-state index contributed by atoms with van der Waals surface area (Å²) in [5, 5.41) is 8.82. The normalized spacial score (nSPS) is 14.6.